The number of anilines is 1. The van der Waals surface area contributed by atoms with Gasteiger partial charge in [-0.1, -0.05) is 12.1 Å². The second-order valence-electron chi connectivity index (χ2n) is 4.32. The molecule has 1 aliphatic carbocycles. The van der Waals surface area contributed by atoms with Gasteiger partial charge in [0.05, 0.1) is 0 Å². The highest BCUT2D eigenvalue weighted by Gasteiger charge is 2.26. The van der Waals surface area contributed by atoms with Crippen molar-refractivity contribution < 1.29 is 0 Å². The Balaban J connectivity index is 2.04. The summed E-state index contributed by atoms with van der Waals surface area (Å²) in [6.07, 6.45) is 2.45. The number of rotatable bonds is 2. The Hall–Kier alpha value is -1.17. The topological polar surface area (TPSA) is 51.8 Å². The zero-order valence-corrected chi connectivity index (χ0v) is 11.4. The molecular formula is C13H12IN3. The van der Waals surface area contributed by atoms with Crippen molar-refractivity contribution in [3.8, 4) is 11.4 Å². The number of halogens is 1. The zero-order valence-electron chi connectivity index (χ0n) is 9.23. The van der Waals surface area contributed by atoms with E-state index in [1.807, 2.05) is 18.2 Å². The molecule has 2 N–H and O–H groups in total. The maximum Gasteiger partial charge on any atom is 0.161 e. The zero-order chi connectivity index (χ0) is 11.8. The molecule has 17 heavy (non-hydrogen) atoms. The summed E-state index contributed by atoms with van der Waals surface area (Å²) in [5.41, 5.74) is 7.96. The fraction of sp³-hybridized carbons (Fsp3) is 0.231. The van der Waals surface area contributed by atoms with Gasteiger partial charge in [0.2, 0.25) is 0 Å². The van der Waals surface area contributed by atoms with Crippen molar-refractivity contribution in [2.24, 2.45) is 0 Å². The van der Waals surface area contributed by atoms with Gasteiger partial charge in [-0.05, 0) is 47.6 Å². The number of hydrogen-bond acceptors (Lipinski definition) is 3. The van der Waals surface area contributed by atoms with Crippen molar-refractivity contribution in [1.29, 1.82) is 0 Å². The largest absolute Gasteiger partial charge is 0.384 e. The van der Waals surface area contributed by atoms with Crippen molar-refractivity contribution >= 4 is 28.4 Å². The van der Waals surface area contributed by atoms with Crippen LogP contribution in [0, 0.1) is 3.57 Å². The van der Waals surface area contributed by atoms with E-state index in [0.717, 1.165) is 17.1 Å². The van der Waals surface area contributed by atoms with Gasteiger partial charge in [-0.25, -0.2) is 9.97 Å². The smallest absolute Gasteiger partial charge is 0.161 e. The molecule has 0 radical (unpaired) electrons. The predicted octanol–water partition coefficient (Wildman–Crippen LogP) is 3.21. The summed E-state index contributed by atoms with van der Waals surface area (Å²) in [6, 6.07) is 10.1. The van der Waals surface area contributed by atoms with E-state index >= 15 is 0 Å². The number of nitrogens with zero attached hydrogens (tertiary/aromatic N) is 2. The van der Waals surface area contributed by atoms with Crippen molar-refractivity contribution in [2.45, 2.75) is 18.8 Å². The highest BCUT2D eigenvalue weighted by molar-refractivity contribution is 14.1. The average Bonchev–Trinajstić information content (AvgIpc) is 3.13. The fourth-order valence-electron chi connectivity index (χ4n) is 1.80. The van der Waals surface area contributed by atoms with E-state index in [2.05, 4.69) is 44.7 Å². The minimum absolute atomic E-state index is 0.565. The number of nitrogen functional groups attached to an aromatic ring is 1. The average molecular weight is 337 g/mol. The van der Waals surface area contributed by atoms with Gasteiger partial charge in [0.25, 0.3) is 0 Å². The Morgan fingerprint density at radius 2 is 1.82 bits per heavy atom. The quantitative estimate of drug-likeness (QED) is 0.857. The lowest BCUT2D eigenvalue weighted by molar-refractivity contribution is 0.998. The number of hydrogen-bond donors (Lipinski definition) is 1. The second-order valence-corrected chi connectivity index (χ2v) is 5.57. The van der Waals surface area contributed by atoms with Crippen molar-refractivity contribution in [1.82, 2.24) is 9.97 Å². The number of nitrogens with two attached hydrogens (primary N) is 1. The van der Waals surface area contributed by atoms with Gasteiger partial charge in [0, 0.05) is 26.8 Å². The third-order valence-electron chi connectivity index (χ3n) is 2.86. The van der Waals surface area contributed by atoms with Gasteiger partial charge >= 0.3 is 0 Å². The Morgan fingerprint density at radius 3 is 2.47 bits per heavy atom. The first-order valence-electron chi connectivity index (χ1n) is 5.63. The predicted molar refractivity (Wildman–Crippen MR) is 76.6 cm³/mol. The normalized spacial score (nSPS) is 14.9. The molecule has 1 saturated carbocycles. The second kappa shape index (κ2) is 4.25. The van der Waals surface area contributed by atoms with E-state index in [1.165, 1.54) is 16.4 Å². The lowest BCUT2D eigenvalue weighted by Crippen LogP contribution is -1.99. The summed E-state index contributed by atoms with van der Waals surface area (Å²) in [5.74, 6) is 1.90. The first-order valence-corrected chi connectivity index (χ1v) is 6.70. The van der Waals surface area contributed by atoms with Crippen LogP contribution in [0.5, 0.6) is 0 Å². The monoisotopic (exact) mass is 337 g/mol. The molecule has 1 aromatic heterocycles. The summed E-state index contributed by atoms with van der Waals surface area (Å²) >= 11 is 2.28. The van der Waals surface area contributed by atoms with Crippen LogP contribution >= 0.6 is 22.6 Å². The molecule has 1 fully saturated rings. The Morgan fingerprint density at radius 1 is 1.12 bits per heavy atom. The molecule has 3 nitrogen and oxygen atoms in total. The Labute approximate surface area is 114 Å². The van der Waals surface area contributed by atoms with Crippen LogP contribution in [0.25, 0.3) is 11.4 Å². The molecule has 86 valence electrons. The molecule has 1 aliphatic rings. The van der Waals surface area contributed by atoms with Crippen LogP contribution in [0.3, 0.4) is 0 Å². The van der Waals surface area contributed by atoms with E-state index in [-0.39, 0.29) is 0 Å². The maximum absolute atomic E-state index is 5.84. The third-order valence-corrected chi connectivity index (χ3v) is 3.58. The molecule has 1 heterocycles. The number of benzene rings is 1. The molecular weight excluding hydrogens is 325 g/mol. The molecule has 0 unspecified atom stereocenters. The molecule has 0 bridgehead atoms. The summed E-state index contributed by atoms with van der Waals surface area (Å²) in [6.45, 7) is 0. The molecule has 0 atom stereocenters. The van der Waals surface area contributed by atoms with Gasteiger partial charge in [-0.2, -0.15) is 0 Å². The first kappa shape index (κ1) is 11.0. The van der Waals surface area contributed by atoms with Crippen LogP contribution in [0.4, 0.5) is 5.82 Å². The lowest BCUT2D eigenvalue weighted by atomic mass is 10.2. The summed E-state index contributed by atoms with van der Waals surface area (Å²) < 4.78 is 1.21. The van der Waals surface area contributed by atoms with Gasteiger partial charge in [-0.3, -0.25) is 0 Å². The van der Waals surface area contributed by atoms with Crippen LogP contribution in [-0.2, 0) is 0 Å². The summed E-state index contributed by atoms with van der Waals surface area (Å²) in [7, 11) is 0. The van der Waals surface area contributed by atoms with Gasteiger partial charge in [-0.15, -0.1) is 0 Å². The van der Waals surface area contributed by atoms with Gasteiger partial charge in [0.1, 0.15) is 5.82 Å². The molecule has 4 heteroatoms. The van der Waals surface area contributed by atoms with E-state index in [1.54, 1.807) is 0 Å². The molecule has 0 amide bonds. The molecule has 3 rings (SSSR count). The van der Waals surface area contributed by atoms with Gasteiger partial charge in [0.15, 0.2) is 5.82 Å². The highest BCUT2D eigenvalue weighted by Crippen LogP contribution is 2.39. The van der Waals surface area contributed by atoms with Crippen LogP contribution in [-0.4, -0.2) is 9.97 Å². The highest BCUT2D eigenvalue weighted by atomic mass is 127. The van der Waals surface area contributed by atoms with Crippen LogP contribution < -0.4 is 5.73 Å². The van der Waals surface area contributed by atoms with Crippen LogP contribution in [0.2, 0.25) is 0 Å². The van der Waals surface area contributed by atoms with Crippen LogP contribution in [0.1, 0.15) is 24.5 Å². The van der Waals surface area contributed by atoms with E-state index in [4.69, 9.17) is 5.73 Å². The van der Waals surface area contributed by atoms with Crippen LogP contribution in [0.15, 0.2) is 30.3 Å². The maximum atomic E-state index is 5.84. The van der Waals surface area contributed by atoms with E-state index in [0.29, 0.717) is 11.7 Å². The molecule has 0 saturated heterocycles. The lowest BCUT2D eigenvalue weighted by Gasteiger charge is -2.05. The SMILES string of the molecule is Nc1cc(C2CC2)nc(-c2ccc(I)cc2)n1. The summed E-state index contributed by atoms with van der Waals surface area (Å²) in [5, 5.41) is 0. The van der Waals surface area contributed by atoms with Crippen molar-refractivity contribution in [3.05, 3.63) is 39.6 Å². The van der Waals surface area contributed by atoms with Crippen molar-refractivity contribution in [2.75, 3.05) is 5.73 Å². The third kappa shape index (κ3) is 2.41. The number of aromatic nitrogens is 2. The van der Waals surface area contributed by atoms with E-state index < -0.39 is 0 Å². The van der Waals surface area contributed by atoms with Crippen molar-refractivity contribution in [3.63, 3.8) is 0 Å². The molecule has 0 spiro atoms. The first-order chi connectivity index (χ1) is 8.22. The Bertz CT molecular complexity index is 547. The minimum atomic E-state index is 0.565. The minimum Gasteiger partial charge on any atom is -0.384 e. The van der Waals surface area contributed by atoms with E-state index in [9.17, 15) is 0 Å². The summed E-state index contributed by atoms with van der Waals surface area (Å²) in [4.78, 5) is 8.91. The fourth-order valence-corrected chi connectivity index (χ4v) is 2.16. The molecule has 1 aromatic carbocycles. The Kier molecular flexibility index (Phi) is 2.74. The van der Waals surface area contributed by atoms with Gasteiger partial charge < -0.3 is 5.73 Å². The molecule has 0 aliphatic heterocycles. The molecule has 2 aromatic rings. The standard InChI is InChI=1S/C13H12IN3/c14-10-5-3-9(4-6-10)13-16-11(8-1-2-8)7-12(15)17-13/h3-8H,1-2H2,(H2,15,16,17).